The Morgan fingerprint density at radius 1 is 1.06 bits per heavy atom. The van der Waals surface area contributed by atoms with Crippen molar-refractivity contribution in [3.8, 4) is 5.75 Å². The number of hydrogen-bond acceptors (Lipinski definition) is 2. The molecule has 2 heteroatoms. The molecule has 1 rings (SSSR count). The smallest absolute Gasteiger partial charge is 0.123 e. The van der Waals surface area contributed by atoms with Crippen molar-refractivity contribution in [2.75, 3.05) is 0 Å². The highest BCUT2D eigenvalue weighted by Gasteiger charge is 2.00. The van der Waals surface area contributed by atoms with E-state index >= 15 is 0 Å². The lowest BCUT2D eigenvalue weighted by atomic mass is 10.0. The molecule has 0 spiro atoms. The molecule has 0 aliphatic rings. The highest BCUT2D eigenvalue weighted by atomic mass is 32.1. The predicted molar refractivity (Wildman–Crippen MR) is 82.6 cm³/mol. The van der Waals surface area contributed by atoms with Gasteiger partial charge < -0.3 is 5.11 Å². The molecule has 0 bridgehead atoms. The average Bonchev–Trinajstić information content (AvgIpc) is 2.39. The summed E-state index contributed by atoms with van der Waals surface area (Å²) in [6, 6.07) is 5.74. The molecule has 0 heterocycles. The van der Waals surface area contributed by atoms with E-state index in [1.807, 2.05) is 12.1 Å². The number of hydrogen-bond donors (Lipinski definition) is 1. The van der Waals surface area contributed by atoms with Crippen molar-refractivity contribution in [3.63, 3.8) is 0 Å². The van der Waals surface area contributed by atoms with Crippen molar-refractivity contribution in [3.05, 3.63) is 29.3 Å². The highest BCUT2D eigenvalue weighted by Crippen LogP contribution is 2.18. The maximum absolute atomic E-state index is 9.53. The molecule has 0 aromatic heterocycles. The Labute approximate surface area is 116 Å². The largest absolute Gasteiger partial charge is 0.507 e. The molecule has 1 N–H and O–H groups in total. The Kier molecular flexibility index (Phi) is 7.66. The summed E-state index contributed by atoms with van der Waals surface area (Å²) in [4.78, 5) is 0. The Balaban J connectivity index is 2.21. The van der Waals surface area contributed by atoms with Crippen LogP contribution >= 0.6 is 12.2 Å². The topological polar surface area (TPSA) is 20.2 Å². The molecule has 18 heavy (non-hydrogen) atoms. The van der Waals surface area contributed by atoms with E-state index in [1.165, 1.54) is 50.5 Å². The van der Waals surface area contributed by atoms with Crippen molar-refractivity contribution < 1.29 is 5.11 Å². The fourth-order valence-electron chi connectivity index (χ4n) is 2.14. The van der Waals surface area contributed by atoms with Crippen LogP contribution in [0.5, 0.6) is 5.75 Å². The van der Waals surface area contributed by atoms with Gasteiger partial charge in [0, 0.05) is 10.9 Å². The number of rotatable bonds is 9. The molecule has 0 fully saturated rings. The van der Waals surface area contributed by atoms with Gasteiger partial charge in [-0.15, -0.1) is 0 Å². The van der Waals surface area contributed by atoms with Crippen LogP contribution in [-0.4, -0.2) is 10.5 Å². The molecule has 100 valence electrons. The fourth-order valence-corrected chi connectivity index (χ4v) is 2.33. The van der Waals surface area contributed by atoms with Gasteiger partial charge in [0.25, 0.3) is 0 Å². The lowest BCUT2D eigenvalue weighted by Crippen LogP contribution is -1.89. The quantitative estimate of drug-likeness (QED) is 0.498. The van der Waals surface area contributed by atoms with E-state index in [9.17, 15) is 5.11 Å². The van der Waals surface area contributed by atoms with Crippen LogP contribution < -0.4 is 0 Å². The second-order valence-electron chi connectivity index (χ2n) is 4.88. The number of unbranched alkanes of at least 4 members (excludes halogenated alkanes) is 6. The third kappa shape index (κ3) is 5.63. The van der Waals surface area contributed by atoms with E-state index in [0.29, 0.717) is 0 Å². The van der Waals surface area contributed by atoms with Crippen LogP contribution in [0, 0.1) is 0 Å². The summed E-state index contributed by atoms with van der Waals surface area (Å²) in [7, 11) is 0. The lowest BCUT2D eigenvalue weighted by molar-refractivity contribution is 0.474. The van der Waals surface area contributed by atoms with Crippen LogP contribution in [0.3, 0.4) is 0 Å². The number of aromatic hydroxyl groups is 1. The SMILES string of the molecule is CCCCCCCCCc1ccc(O)c(C=S)c1. The first-order valence-electron chi connectivity index (χ1n) is 7.05. The number of phenolic OH excluding ortho intramolecular Hbond substituents is 1. The normalized spacial score (nSPS) is 10.5. The van der Waals surface area contributed by atoms with Gasteiger partial charge in [-0.1, -0.05) is 63.7 Å². The van der Waals surface area contributed by atoms with Gasteiger partial charge in [0.1, 0.15) is 5.75 Å². The van der Waals surface area contributed by atoms with E-state index in [4.69, 9.17) is 12.2 Å². The summed E-state index contributed by atoms with van der Waals surface area (Å²) in [5.41, 5.74) is 2.04. The van der Waals surface area contributed by atoms with Crippen molar-refractivity contribution in [1.82, 2.24) is 0 Å². The molecular weight excluding hydrogens is 240 g/mol. The second kappa shape index (κ2) is 9.09. The standard InChI is InChI=1S/C16H24OS/c1-2-3-4-5-6-7-8-9-14-10-11-16(17)15(12-14)13-18/h10-13,17H,2-9H2,1H3. The van der Waals surface area contributed by atoms with E-state index in [-0.39, 0.29) is 5.75 Å². The molecule has 0 saturated heterocycles. The Morgan fingerprint density at radius 2 is 1.72 bits per heavy atom. The van der Waals surface area contributed by atoms with Gasteiger partial charge in [0.15, 0.2) is 0 Å². The molecular formula is C16H24OS. The van der Waals surface area contributed by atoms with Crippen LogP contribution in [0.1, 0.15) is 63.0 Å². The third-order valence-electron chi connectivity index (χ3n) is 3.29. The molecule has 1 aromatic carbocycles. The summed E-state index contributed by atoms with van der Waals surface area (Å²) in [5.74, 6) is 0.285. The predicted octanol–water partition coefficient (Wildman–Crippen LogP) is 5.03. The van der Waals surface area contributed by atoms with Gasteiger partial charge >= 0.3 is 0 Å². The van der Waals surface area contributed by atoms with E-state index in [1.54, 1.807) is 11.4 Å². The van der Waals surface area contributed by atoms with Crippen LogP contribution in [0.2, 0.25) is 0 Å². The zero-order valence-electron chi connectivity index (χ0n) is 11.3. The molecule has 0 atom stereocenters. The summed E-state index contributed by atoms with van der Waals surface area (Å²) in [5, 5.41) is 11.1. The average molecular weight is 264 g/mol. The van der Waals surface area contributed by atoms with Gasteiger partial charge in [-0.25, -0.2) is 0 Å². The van der Waals surface area contributed by atoms with Crippen molar-refractivity contribution in [1.29, 1.82) is 0 Å². The fraction of sp³-hybridized carbons (Fsp3) is 0.562. The van der Waals surface area contributed by atoms with Gasteiger partial charge in [-0.2, -0.15) is 0 Å². The van der Waals surface area contributed by atoms with Crippen molar-refractivity contribution >= 4 is 17.6 Å². The van der Waals surface area contributed by atoms with Crippen molar-refractivity contribution in [2.45, 2.75) is 58.3 Å². The Morgan fingerprint density at radius 3 is 2.39 bits per heavy atom. The minimum atomic E-state index is 0.285. The maximum Gasteiger partial charge on any atom is 0.123 e. The summed E-state index contributed by atoms with van der Waals surface area (Å²) < 4.78 is 0. The van der Waals surface area contributed by atoms with Crippen LogP contribution in [0.15, 0.2) is 18.2 Å². The van der Waals surface area contributed by atoms with Gasteiger partial charge in [-0.3, -0.25) is 0 Å². The second-order valence-corrected chi connectivity index (χ2v) is 5.12. The zero-order chi connectivity index (χ0) is 13.2. The first-order valence-corrected chi connectivity index (χ1v) is 7.52. The minimum absolute atomic E-state index is 0.285. The first-order chi connectivity index (χ1) is 8.77. The Hall–Kier alpha value is -0.890. The lowest BCUT2D eigenvalue weighted by Gasteiger charge is -2.04. The van der Waals surface area contributed by atoms with E-state index in [0.717, 1.165) is 12.0 Å². The van der Waals surface area contributed by atoms with Gasteiger partial charge in [-0.05, 0) is 30.5 Å². The first kappa shape index (κ1) is 15.2. The maximum atomic E-state index is 9.53. The molecule has 0 saturated carbocycles. The van der Waals surface area contributed by atoms with E-state index < -0.39 is 0 Å². The molecule has 1 aromatic rings. The van der Waals surface area contributed by atoms with Crippen LogP contribution in [0.25, 0.3) is 0 Å². The van der Waals surface area contributed by atoms with Crippen LogP contribution in [0.4, 0.5) is 0 Å². The summed E-state index contributed by atoms with van der Waals surface area (Å²) in [6.45, 7) is 2.25. The van der Waals surface area contributed by atoms with Crippen LogP contribution in [-0.2, 0) is 6.42 Å². The molecule has 0 radical (unpaired) electrons. The zero-order valence-corrected chi connectivity index (χ0v) is 12.1. The molecule has 1 nitrogen and oxygen atoms in total. The van der Waals surface area contributed by atoms with Gasteiger partial charge in [0.05, 0.1) is 0 Å². The van der Waals surface area contributed by atoms with Gasteiger partial charge in [0.2, 0.25) is 0 Å². The van der Waals surface area contributed by atoms with Crippen molar-refractivity contribution in [2.24, 2.45) is 0 Å². The highest BCUT2D eigenvalue weighted by molar-refractivity contribution is 7.79. The Bertz CT molecular complexity index is 360. The minimum Gasteiger partial charge on any atom is -0.507 e. The molecule has 0 aliphatic heterocycles. The summed E-state index contributed by atoms with van der Waals surface area (Å²) >= 11 is 4.88. The third-order valence-corrected chi connectivity index (χ3v) is 3.54. The number of thiocarbonyl (C=S) groups is 1. The summed E-state index contributed by atoms with van der Waals surface area (Å²) in [6.07, 6.45) is 10.4. The monoisotopic (exact) mass is 264 g/mol. The number of aryl methyl sites for hydroxylation is 1. The molecule has 0 aliphatic carbocycles. The number of benzene rings is 1. The molecule has 0 amide bonds. The van der Waals surface area contributed by atoms with E-state index in [2.05, 4.69) is 6.92 Å². The number of phenols is 1. The molecule has 0 unspecified atom stereocenters.